The van der Waals surface area contributed by atoms with Crippen molar-refractivity contribution in [3.05, 3.63) is 17.5 Å². The van der Waals surface area contributed by atoms with Crippen LogP contribution in [0.2, 0.25) is 0 Å². The highest BCUT2D eigenvalue weighted by Gasteiger charge is 2.15. The largest absolute Gasteiger partial charge is 0.311 e. The van der Waals surface area contributed by atoms with Gasteiger partial charge in [-0.3, -0.25) is 4.68 Å². The molecule has 1 heterocycles. The van der Waals surface area contributed by atoms with Crippen molar-refractivity contribution in [1.29, 1.82) is 0 Å². The Morgan fingerprint density at radius 1 is 1.50 bits per heavy atom. The van der Waals surface area contributed by atoms with Crippen LogP contribution in [0.4, 0.5) is 0 Å². The Morgan fingerprint density at radius 2 is 2.19 bits per heavy atom. The zero-order valence-electron chi connectivity index (χ0n) is 10.7. The van der Waals surface area contributed by atoms with Crippen LogP contribution in [0.25, 0.3) is 0 Å². The molecule has 0 saturated carbocycles. The maximum atomic E-state index is 5.88. The molecule has 16 heavy (non-hydrogen) atoms. The molecule has 4 heteroatoms. The molecular weight excluding hydrogens is 222 g/mol. The number of aromatic nitrogens is 2. The normalized spacial score (nSPS) is 12.1. The van der Waals surface area contributed by atoms with E-state index in [-0.39, 0.29) is 5.41 Å². The fourth-order valence-corrected chi connectivity index (χ4v) is 1.69. The van der Waals surface area contributed by atoms with Gasteiger partial charge in [0.05, 0.1) is 11.4 Å². The van der Waals surface area contributed by atoms with Crippen molar-refractivity contribution in [3.63, 3.8) is 0 Å². The third-order valence-corrected chi connectivity index (χ3v) is 3.28. The fraction of sp³-hybridized carbons (Fsp3) is 0.750. The quantitative estimate of drug-likeness (QED) is 0.779. The van der Waals surface area contributed by atoms with Crippen LogP contribution >= 0.6 is 11.6 Å². The van der Waals surface area contributed by atoms with E-state index in [2.05, 4.69) is 37.3 Å². The van der Waals surface area contributed by atoms with Crippen LogP contribution in [0.1, 0.15) is 32.2 Å². The fourth-order valence-electron chi connectivity index (χ4n) is 1.59. The summed E-state index contributed by atoms with van der Waals surface area (Å²) in [6.07, 6.45) is 0. The molecule has 0 saturated heterocycles. The van der Waals surface area contributed by atoms with Crippen LogP contribution in [-0.2, 0) is 13.1 Å². The van der Waals surface area contributed by atoms with Crippen LogP contribution < -0.4 is 5.32 Å². The lowest BCUT2D eigenvalue weighted by Crippen LogP contribution is -2.31. The lowest BCUT2D eigenvalue weighted by Gasteiger charge is -2.21. The maximum Gasteiger partial charge on any atom is 0.0597 e. The highest BCUT2D eigenvalue weighted by atomic mass is 35.5. The summed E-state index contributed by atoms with van der Waals surface area (Å²) < 4.78 is 2.04. The number of hydrogen-bond donors (Lipinski definition) is 1. The number of aryl methyl sites for hydroxylation is 2. The molecule has 0 aromatic carbocycles. The molecule has 0 aliphatic rings. The molecule has 3 nitrogen and oxygen atoms in total. The molecule has 0 aliphatic heterocycles. The van der Waals surface area contributed by atoms with E-state index in [1.54, 1.807) is 0 Å². The van der Waals surface area contributed by atoms with Crippen LogP contribution in [0, 0.1) is 12.3 Å². The smallest absolute Gasteiger partial charge is 0.0597 e. The molecule has 0 spiro atoms. The average molecular weight is 244 g/mol. The monoisotopic (exact) mass is 243 g/mol. The summed E-state index contributed by atoms with van der Waals surface area (Å²) in [4.78, 5) is 0. The van der Waals surface area contributed by atoms with Gasteiger partial charge in [-0.25, -0.2) is 0 Å². The lowest BCUT2D eigenvalue weighted by atomic mass is 9.96. The van der Waals surface area contributed by atoms with E-state index in [4.69, 9.17) is 11.6 Å². The second-order valence-electron chi connectivity index (χ2n) is 4.99. The lowest BCUT2D eigenvalue weighted by molar-refractivity contribution is 0.381. The Hall–Kier alpha value is -0.540. The summed E-state index contributed by atoms with van der Waals surface area (Å²) in [6, 6.07) is 2.13. The van der Waals surface area contributed by atoms with Gasteiger partial charge in [0.25, 0.3) is 0 Å². The number of hydrogen-bond acceptors (Lipinski definition) is 2. The number of nitrogens with one attached hydrogen (secondary N) is 1. The van der Waals surface area contributed by atoms with Gasteiger partial charge in [-0.15, -0.1) is 11.6 Å². The average Bonchev–Trinajstić information content (AvgIpc) is 2.59. The summed E-state index contributed by atoms with van der Waals surface area (Å²) in [5.74, 6) is 0.673. The standard InChI is InChI=1S/C12H22ClN3/c1-5-16-11(6-10(2)15-16)7-14-9-12(3,4)8-13/h6,14H,5,7-9H2,1-4H3. The SMILES string of the molecule is CCn1nc(C)cc1CNCC(C)(C)CCl. The molecule has 0 unspecified atom stereocenters. The second kappa shape index (κ2) is 5.69. The van der Waals surface area contributed by atoms with E-state index < -0.39 is 0 Å². The molecule has 0 bridgehead atoms. The third-order valence-electron chi connectivity index (χ3n) is 2.56. The van der Waals surface area contributed by atoms with Crippen molar-refractivity contribution in [1.82, 2.24) is 15.1 Å². The van der Waals surface area contributed by atoms with Crippen LogP contribution in [0.3, 0.4) is 0 Å². The van der Waals surface area contributed by atoms with E-state index in [0.717, 1.165) is 25.3 Å². The van der Waals surface area contributed by atoms with Gasteiger partial charge in [-0.05, 0) is 25.3 Å². The molecule has 0 atom stereocenters. The van der Waals surface area contributed by atoms with Crippen LogP contribution in [0.5, 0.6) is 0 Å². The van der Waals surface area contributed by atoms with Crippen molar-refractivity contribution in [2.75, 3.05) is 12.4 Å². The zero-order chi connectivity index (χ0) is 12.2. The van der Waals surface area contributed by atoms with Crippen LogP contribution in [0.15, 0.2) is 6.07 Å². The van der Waals surface area contributed by atoms with Gasteiger partial charge in [-0.1, -0.05) is 13.8 Å². The van der Waals surface area contributed by atoms with Crippen molar-refractivity contribution in [3.8, 4) is 0 Å². The predicted octanol–water partition coefficient (Wildman–Crippen LogP) is 2.57. The Balaban J connectivity index is 2.48. The molecule has 1 N–H and O–H groups in total. The van der Waals surface area contributed by atoms with Crippen LogP contribution in [-0.4, -0.2) is 22.2 Å². The molecule has 0 radical (unpaired) electrons. The highest BCUT2D eigenvalue weighted by Crippen LogP contribution is 2.15. The molecule has 1 aromatic heterocycles. The predicted molar refractivity (Wildman–Crippen MR) is 68.8 cm³/mol. The summed E-state index contributed by atoms with van der Waals surface area (Å²) in [6.45, 7) is 11.2. The first-order chi connectivity index (χ1) is 7.48. The van der Waals surface area contributed by atoms with E-state index >= 15 is 0 Å². The molecule has 1 aromatic rings. The summed E-state index contributed by atoms with van der Waals surface area (Å²) >= 11 is 5.88. The summed E-state index contributed by atoms with van der Waals surface area (Å²) in [7, 11) is 0. The van der Waals surface area contributed by atoms with E-state index in [0.29, 0.717) is 5.88 Å². The van der Waals surface area contributed by atoms with Crippen molar-refractivity contribution < 1.29 is 0 Å². The number of rotatable bonds is 6. The van der Waals surface area contributed by atoms with Gasteiger partial charge in [0.15, 0.2) is 0 Å². The van der Waals surface area contributed by atoms with Gasteiger partial charge in [0.2, 0.25) is 0 Å². The van der Waals surface area contributed by atoms with E-state index in [1.165, 1.54) is 5.69 Å². The van der Waals surface area contributed by atoms with E-state index in [9.17, 15) is 0 Å². The number of nitrogens with zero attached hydrogens (tertiary/aromatic N) is 2. The maximum absolute atomic E-state index is 5.88. The first-order valence-corrected chi connectivity index (χ1v) is 6.32. The first kappa shape index (κ1) is 13.5. The molecular formula is C12H22ClN3. The summed E-state index contributed by atoms with van der Waals surface area (Å²) in [5, 5.41) is 7.85. The molecule has 92 valence electrons. The van der Waals surface area contributed by atoms with Crippen molar-refractivity contribution in [2.45, 2.75) is 40.8 Å². The number of alkyl halides is 1. The minimum absolute atomic E-state index is 0.146. The van der Waals surface area contributed by atoms with E-state index in [1.807, 2.05) is 11.6 Å². The topological polar surface area (TPSA) is 29.9 Å². The zero-order valence-corrected chi connectivity index (χ0v) is 11.4. The Bertz CT molecular complexity index is 331. The Labute approximate surface area is 103 Å². The highest BCUT2D eigenvalue weighted by molar-refractivity contribution is 6.18. The van der Waals surface area contributed by atoms with Gasteiger partial charge >= 0.3 is 0 Å². The third kappa shape index (κ3) is 3.80. The van der Waals surface area contributed by atoms with Crippen molar-refractivity contribution >= 4 is 11.6 Å². The number of halogens is 1. The Kier molecular flexibility index (Phi) is 4.81. The van der Waals surface area contributed by atoms with Gasteiger partial charge in [-0.2, -0.15) is 5.10 Å². The minimum Gasteiger partial charge on any atom is -0.311 e. The minimum atomic E-state index is 0.146. The van der Waals surface area contributed by atoms with Gasteiger partial charge in [0, 0.05) is 25.5 Å². The van der Waals surface area contributed by atoms with Crippen molar-refractivity contribution in [2.24, 2.45) is 5.41 Å². The molecule has 0 fully saturated rings. The summed E-state index contributed by atoms with van der Waals surface area (Å²) in [5.41, 5.74) is 2.47. The molecule has 0 amide bonds. The molecule has 0 aliphatic carbocycles. The first-order valence-electron chi connectivity index (χ1n) is 5.78. The Morgan fingerprint density at radius 3 is 2.75 bits per heavy atom. The second-order valence-corrected chi connectivity index (χ2v) is 5.26. The molecule has 1 rings (SSSR count). The van der Waals surface area contributed by atoms with Gasteiger partial charge in [0.1, 0.15) is 0 Å². The van der Waals surface area contributed by atoms with Gasteiger partial charge < -0.3 is 5.32 Å².